The van der Waals surface area contributed by atoms with Crippen LogP contribution in [0.15, 0.2) is 18.2 Å². The van der Waals surface area contributed by atoms with Gasteiger partial charge in [0.2, 0.25) is 0 Å². The molecule has 0 bridgehead atoms. The predicted octanol–water partition coefficient (Wildman–Crippen LogP) is 3.97. The van der Waals surface area contributed by atoms with Crippen LogP contribution in [0.4, 0.5) is 5.82 Å². The Labute approximate surface area is 146 Å². The first-order valence-corrected chi connectivity index (χ1v) is 9.55. The van der Waals surface area contributed by atoms with Crippen molar-refractivity contribution in [1.29, 1.82) is 0 Å². The molecule has 0 atom stereocenters. The number of aromatic nitrogens is 1. The van der Waals surface area contributed by atoms with Gasteiger partial charge in [0.25, 0.3) is 5.91 Å². The lowest BCUT2D eigenvalue weighted by Crippen LogP contribution is -2.37. The average molecular weight is 329 g/mol. The fourth-order valence-electron chi connectivity index (χ4n) is 4.16. The summed E-state index contributed by atoms with van der Waals surface area (Å²) in [6.45, 7) is 6.42. The molecule has 0 unspecified atom stereocenters. The maximum atomic E-state index is 12.6. The van der Waals surface area contributed by atoms with Crippen molar-refractivity contribution < 1.29 is 4.79 Å². The number of hydrogen-bond donors (Lipinski definition) is 0. The third kappa shape index (κ3) is 3.73. The standard InChI is InChI=1S/C20H31N3O/c1-15(2)16-9-11-17(12-10-16)22(3)19-8-6-7-18(21-19)20(24)23-13-4-5-14-23/h6-8,15-17H,4-5,9-14H2,1-3H3. The Morgan fingerprint density at radius 1 is 1.17 bits per heavy atom. The molecular formula is C20H31N3O. The highest BCUT2D eigenvalue weighted by Crippen LogP contribution is 2.33. The van der Waals surface area contributed by atoms with Gasteiger partial charge in [-0.1, -0.05) is 19.9 Å². The minimum absolute atomic E-state index is 0.0891. The van der Waals surface area contributed by atoms with E-state index in [1.807, 2.05) is 23.1 Å². The van der Waals surface area contributed by atoms with Gasteiger partial charge in [0.1, 0.15) is 11.5 Å². The zero-order valence-corrected chi connectivity index (χ0v) is 15.4. The second-order valence-electron chi connectivity index (χ2n) is 7.80. The van der Waals surface area contributed by atoms with Gasteiger partial charge in [-0.3, -0.25) is 4.79 Å². The van der Waals surface area contributed by atoms with Crippen LogP contribution in [0.5, 0.6) is 0 Å². The van der Waals surface area contributed by atoms with Gasteiger partial charge in [-0.15, -0.1) is 0 Å². The summed E-state index contributed by atoms with van der Waals surface area (Å²) in [5, 5.41) is 0. The highest BCUT2D eigenvalue weighted by Gasteiger charge is 2.27. The molecule has 2 heterocycles. The Hall–Kier alpha value is -1.58. The van der Waals surface area contributed by atoms with Crippen LogP contribution in [0.2, 0.25) is 0 Å². The minimum Gasteiger partial charge on any atom is -0.357 e. The molecule has 132 valence electrons. The summed E-state index contributed by atoms with van der Waals surface area (Å²) in [6, 6.07) is 6.41. The van der Waals surface area contributed by atoms with Gasteiger partial charge in [0.15, 0.2) is 0 Å². The molecule has 4 heteroatoms. The van der Waals surface area contributed by atoms with Gasteiger partial charge < -0.3 is 9.80 Å². The van der Waals surface area contributed by atoms with Crippen LogP contribution in [-0.2, 0) is 0 Å². The van der Waals surface area contributed by atoms with Crippen LogP contribution in [0.25, 0.3) is 0 Å². The molecule has 4 nitrogen and oxygen atoms in total. The first-order valence-electron chi connectivity index (χ1n) is 9.55. The zero-order valence-electron chi connectivity index (χ0n) is 15.4. The van der Waals surface area contributed by atoms with Crippen molar-refractivity contribution in [2.45, 2.75) is 58.4 Å². The molecule has 1 aliphatic heterocycles. The molecule has 24 heavy (non-hydrogen) atoms. The Balaban J connectivity index is 1.66. The quantitative estimate of drug-likeness (QED) is 0.838. The molecule has 1 aromatic heterocycles. The molecular weight excluding hydrogens is 298 g/mol. The second-order valence-corrected chi connectivity index (χ2v) is 7.80. The molecule has 1 amide bonds. The predicted molar refractivity (Wildman–Crippen MR) is 98.4 cm³/mol. The molecule has 0 N–H and O–H groups in total. The summed E-state index contributed by atoms with van der Waals surface area (Å²) >= 11 is 0. The molecule has 1 saturated heterocycles. The topological polar surface area (TPSA) is 36.4 Å². The highest BCUT2D eigenvalue weighted by atomic mass is 16.2. The van der Waals surface area contributed by atoms with E-state index in [0.717, 1.165) is 43.6 Å². The second kappa shape index (κ2) is 7.54. The lowest BCUT2D eigenvalue weighted by molar-refractivity contribution is 0.0787. The number of hydrogen-bond acceptors (Lipinski definition) is 3. The van der Waals surface area contributed by atoms with Gasteiger partial charge in [0, 0.05) is 26.2 Å². The third-order valence-corrected chi connectivity index (χ3v) is 5.94. The van der Waals surface area contributed by atoms with E-state index in [9.17, 15) is 4.79 Å². The van der Waals surface area contributed by atoms with Gasteiger partial charge in [-0.25, -0.2) is 4.98 Å². The zero-order chi connectivity index (χ0) is 17.1. The van der Waals surface area contributed by atoms with Gasteiger partial charge >= 0.3 is 0 Å². The van der Waals surface area contributed by atoms with Crippen molar-refractivity contribution in [2.75, 3.05) is 25.0 Å². The van der Waals surface area contributed by atoms with Crippen LogP contribution in [0, 0.1) is 11.8 Å². The lowest BCUT2D eigenvalue weighted by atomic mass is 9.79. The van der Waals surface area contributed by atoms with Crippen LogP contribution in [-0.4, -0.2) is 42.0 Å². The smallest absolute Gasteiger partial charge is 0.272 e. The Bertz CT molecular complexity index is 558. The molecule has 3 rings (SSSR count). The first kappa shape index (κ1) is 17.2. The van der Waals surface area contributed by atoms with E-state index in [1.54, 1.807) is 0 Å². The molecule has 1 saturated carbocycles. The molecule has 0 aromatic carbocycles. The Morgan fingerprint density at radius 2 is 1.83 bits per heavy atom. The number of amides is 1. The summed E-state index contributed by atoms with van der Waals surface area (Å²) < 4.78 is 0. The highest BCUT2D eigenvalue weighted by molar-refractivity contribution is 5.92. The molecule has 0 spiro atoms. The number of pyridine rings is 1. The maximum absolute atomic E-state index is 12.6. The van der Waals surface area contributed by atoms with Gasteiger partial charge in [-0.2, -0.15) is 0 Å². The maximum Gasteiger partial charge on any atom is 0.272 e. The number of likely N-dealkylation sites (tertiary alicyclic amines) is 1. The van der Waals surface area contributed by atoms with Crippen molar-refractivity contribution in [1.82, 2.24) is 9.88 Å². The fraction of sp³-hybridized carbons (Fsp3) is 0.700. The number of carbonyl (C=O) groups excluding carboxylic acids is 1. The van der Waals surface area contributed by atoms with Gasteiger partial charge in [-0.05, 0) is 62.5 Å². The van der Waals surface area contributed by atoms with Crippen molar-refractivity contribution >= 4 is 11.7 Å². The summed E-state index contributed by atoms with van der Waals surface area (Å²) in [6.07, 6.45) is 7.30. The Morgan fingerprint density at radius 3 is 2.46 bits per heavy atom. The fourth-order valence-corrected chi connectivity index (χ4v) is 4.16. The third-order valence-electron chi connectivity index (χ3n) is 5.94. The van der Waals surface area contributed by atoms with Crippen LogP contribution in [0.1, 0.15) is 62.9 Å². The normalized spacial score (nSPS) is 24.4. The van der Waals surface area contributed by atoms with E-state index < -0.39 is 0 Å². The molecule has 1 aliphatic carbocycles. The van der Waals surface area contributed by atoms with E-state index in [-0.39, 0.29) is 5.91 Å². The van der Waals surface area contributed by atoms with Crippen LogP contribution >= 0.6 is 0 Å². The number of anilines is 1. The van der Waals surface area contributed by atoms with Crippen LogP contribution in [0.3, 0.4) is 0 Å². The minimum atomic E-state index is 0.0891. The largest absolute Gasteiger partial charge is 0.357 e. The van der Waals surface area contributed by atoms with E-state index in [1.165, 1.54) is 25.7 Å². The van der Waals surface area contributed by atoms with E-state index in [4.69, 9.17) is 0 Å². The monoisotopic (exact) mass is 329 g/mol. The van der Waals surface area contributed by atoms with Crippen molar-refractivity contribution in [2.24, 2.45) is 11.8 Å². The molecule has 1 aromatic rings. The average Bonchev–Trinajstić information content (AvgIpc) is 3.15. The van der Waals surface area contributed by atoms with E-state index >= 15 is 0 Å². The number of rotatable bonds is 4. The SMILES string of the molecule is CC(C)C1CCC(N(C)c2cccc(C(=O)N3CCCC3)n2)CC1. The number of nitrogens with zero attached hydrogens (tertiary/aromatic N) is 3. The van der Waals surface area contributed by atoms with E-state index in [2.05, 4.69) is 30.8 Å². The lowest BCUT2D eigenvalue weighted by Gasteiger charge is -2.36. The van der Waals surface area contributed by atoms with Crippen LogP contribution < -0.4 is 4.90 Å². The summed E-state index contributed by atoms with van der Waals surface area (Å²) in [5.41, 5.74) is 0.595. The molecule has 2 aliphatic rings. The molecule has 2 fully saturated rings. The van der Waals surface area contributed by atoms with Crippen molar-refractivity contribution in [3.63, 3.8) is 0 Å². The van der Waals surface area contributed by atoms with Crippen molar-refractivity contribution in [3.05, 3.63) is 23.9 Å². The Kier molecular flexibility index (Phi) is 5.42. The summed E-state index contributed by atoms with van der Waals surface area (Å²) in [4.78, 5) is 21.5. The first-order chi connectivity index (χ1) is 11.6. The van der Waals surface area contributed by atoms with Crippen molar-refractivity contribution in [3.8, 4) is 0 Å². The van der Waals surface area contributed by atoms with E-state index in [0.29, 0.717) is 11.7 Å². The summed E-state index contributed by atoms with van der Waals surface area (Å²) in [7, 11) is 2.13. The summed E-state index contributed by atoms with van der Waals surface area (Å²) in [5.74, 6) is 2.68. The van der Waals surface area contributed by atoms with Gasteiger partial charge in [0.05, 0.1) is 0 Å². The number of carbonyl (C=O) groups is 1. The molecule has 0 radical (unpaired) electrons.